The van der Waals surface area contributed by atoms with Crippen LogP contribution >= 0.6 is 11.6 Å². The van der Waals surface area contributed by atoms with Gasteiger partial charge in [-0.3, -0.25) is 4.79 Å². The topological polar surface area (TPSA) is 40.5 Å². The van der Waals surface area contributed by atoms with Crippen molar-refractivity contribution in [2.24, 2.45) is 0 Å². The number of rotatable bonds is 4. The Hall–Kier alpha value is -3.18. The molecule has 0 fully saturated rings. The summed E-state index contributed by atoms with van der Waals surface area (Å²) >= 11 is 5.97. The zero-order valence-electron chi connectivity index (χ0n) is 15.1. The van der Waals surface area contributed by atoms with Gasteiger partial charge in [-0.25, -0.2) is 8.78 Å². The van der Waals surface area contributed by atoms with E-state index in [-0.39, 0.29) is 18.1 Å². The van der Waals surface area contributed by atoms with Gasteiger partial charge in [0, 0.05) is 17.1 Å². The van der Waals surface area contributed by atoms with E-state index in [1.54, 1.807) is 48.5 Å². The van der Waals surface area contributed by atoms with Gasteiger partial charge in [0.1, 0.15) is 11.6 Å². The maximum Gasteiger partial charge on any atom is 0.290 e. The molecule has 146 valence electrons. The summed E-state index contributed by atoms with van der Waals surface area (Å²) in [4.78, 5) is 14.4. The second-order valence-corrected chi connectivity index (χ2v) is 7.22. The van der Waals surface area contributed by atoms with E-state index in [9.17, 15) is 18.7 Å². The van der Waals surface area contributed by atoms with Crippen LogP contribution in [0.3, 0.4) is 0 Å². The lowest BCUT2D eigenvalue weighted by atomic mass is 9.93. The van der Waals surface area contributed by atoms with Gasteiger partial charge in [0.25, 0.3) is 5.91 Å². The predicted molar refractivity (Wildman–Crippen MR) is 107 cm³/mol. The summed E-state index contributed by atoms with van der Waals surface area (Å²) in [5.41, 5.74) is 2.41. The van der Waals surface area contributed by atoms with Gasteiger partial charge in [-0.1, -0.05) is 48.0 Å². The number of amides is 1. The summed E-state index contributed by atoms with van der Waals surface area (Å²) < 4.78 is 26.7. The molecule has 0 spiro atoms. The molecule has 6 heteroatoms. The van der Waals surface area contributed by atoms with Crippen molar-refractivity contribution >= 4 is 23.1 Å². The van der Waals surface area contributed by atoms with Crippen molar-refractivity contribution in [2.75, 3.05) is 0 Å². The molecule has 1 heterocycles. The van der Waals surface area contributed by atoms with Crippen LogP contribution < -0.4 is 0 Å². The second-order valence-electron chi connectivity index (χ2n) is 6.78. The highest BCUT2D eigenvalue weighted by Crippen LogP contribution is 2.43. The smallest absolute Gasteiger partial charge is 0.290 e. The van der Waals surface area contributed by atoms with E-state index in [4.69, 9.17) is 11.6 Å². The van der Waals surface area contributed by atoms with Crippen LogP contribution in [0.2, 0.25) is 5.02 Å². The number of benzene rings is 3. The number of carbonyl (C=O) groups is 1. The van der Waals surface area contributed by atoms with Gasteiger partial charge in [-0.05, 0) is 53.1 Å². The van der Waals surface area contributed by atoms with E-state index in [1.165, 1.54) is 29.2 Å². The fourth-order valence-corrected chi connectivity index (χ4v) is 3.65. The van der Waals surface area contributed by atoms with Crippen LogP contribution in [-0.2, 0) is 11.3 Å². The highest BCUT2D eigenvalue weighted by atomic mass is 35.5. The lowest BCUT2D eigenvalue weighted by Gasteiger charge is -2.27. The molecule has 3 aromatic rings. The van der Waals surface area contributed by atoms with Crippen LogP contribution in [0.1, 0.15) is 22.7 Å². The third-order valence-electron chi connectivity index (χ3n) is 4.91. The fraction of sp³-hybridized carbons (Fsp3) is 0.0870. The van der Waals surface area contributed by atoms with E-state index in [0.29, 0.717) is 27.3 Å². The Morgan fingerprint density at radius 2 is 1.41 bits per heavy atom. The number of aliphatic hydroxyl groups excluding tert-OH is 1. The molecule has 1 aliphatic rings. The van der Waals surface area contributed by atoms with Gasteiger partial charge in [0.15, 0.2) is 5.76 Å². The van der Waals surface area contributed by atoms with Crippen molar-refractivity contribution in [2.45, 2.75) is 12.6 Å². The molecule has 1 atom stereocenters. The van der Waals surface area contributed by atoms with E-state index in [0.717, 1.165) is 0 Å². The molecule has 0 unspecified atom stereocenters. The zero-order chi connectivity index (χ0) is 20.5. The Balaban J connectivity index is 1.80. The lowest BCUT2D eigenvalue weighted by molar-refractivity contribution is -0.130. The molecule has 0 aromatic heterocycles. The van der Waals surface area contributed by atoms with E-state index >= 15 is 0 Å². The van der Waals surface area contributed by atoms with Crippen LogP contribution in [0, 0.1) is 11.6 Å². The SMILES string of the molecule is O=C1C(O)=C(c2ccc(Cl)cc2)[C@@H](c2ccc(F)cc2)N1Cc1ccc(F)cc1. The number of hydrogen-bond donors (Lipinski definition) is 1. The Morgan fingerprint density at radius 3 is 2.00 bits per heavy atom. The summed E-state index contributed by atoms with van der Waals surface area (Å²) in [7, 11) is 0. The monoisotopic (exact) mass is 411 g/mol. The first-order valence-electron chi connectivity index (χ1n) is 8.94. The van der Waals surface area contributed by atoms with Crippen molar-refractivity contribution in [1.82, 2.24) is 4.90 Å². The first-order chi connectivity index (χ1) is 13.9. The summed E-state index contributed by atoms with van der Waals surface area (Å²) in [5, 5.41) is 11.2. The van der Waals surface area contributed by atoms with Gasteiger partial charge in [0.2, 0.25) is 0 Å². The first-order valence-corrected chi connectivity index (χ1v) is 9.32. The minimum absolute atomic E-state index is 0.155. The number of carbonyl (C=O) groups excluding carboxylic acids is 1. The minimum atomic E-state index is -0.630. The number of nitrogens with zero attached hydrogens (tertiary/aromatic N) is 1. The van der Waals surface area contributed by atoms with Crippen molar-refractivity contribution in [3.8, 4) is 0 Å². The van der Waals surface area contributed by atoms with E-state index in [1.807, 2.05) is 0 Å². The number of hydrogen-bond acceptors (Lipinski definition) is 2. The van der Waals surface area contributed by atoms with Crippen LogP contribution in [0.15, 0.2) is 78.6 Å². The van der Waals surface area contributed by atoms with Gasteiger partial charge in [-0.2, -0.15) is 0 Å². The molecule has 1 N–H and O–H groups in total. The van der Waals surface area contributed by atoms with Crippen molar-refractivity contribution in [1.29, 1.82) is 0 Å². The number of aliphatic hydroxyl groups is 1. The first kappa shape index (κ1) is 19.2. The molecule has 1 aliphatic heterocycles. The van der Waals surface area contributed by atoms with Crippen LogP contribution in [0.5, 0.6) is 0 Å². The molecule has 4 rings (SSSR count). The maximum absolute atomic E-state index is 13.5. The Labute approximate surface area is 171 Å². The molecular formula is C23H16ClF2NO2. The maximum atomic E-state index is 13.5. The molecule has 0 saturated heterocycles. The van der Waals surface area contributed by atoms with Crippen molar-refractivity contribution < 1.29 is 18.7 Å². The molecule has 1 amide bonds. The molecule has 3 nitrogen and oxygen atoms in total. The number of halogens is 3. The Morgan fingerprint density at radius 1 is 0.862 bits per heavy atom. The molecule has 0 aliphatic carbocycles. The standard InChI is InChI=1S/C23H16ClF2NO2/c24-17-7-3-15(4-8-17)20-21(16-5-11-19(26)12-6-16)27(23(29)22(20)28)13-14-1-9-18(25)10-2-14/h1-12,21,28H,13H2/t21-/m1/s1. The summed E-state index contributed by atoms with van der Waals surface area (Å²) in [5.74, 6) is -1.69. The summed E-state index contributed by atoms with van der Waals surface area (Å²) in [6, 6.07) is 17.7. The molecule has 0 bridgehead atoms. The van der Waals surface area contributed by atoms with Gasteiger partial charge in [0.05, 0.1) is 6.04 Å². The van der Waals surface area contributed by atoms with Crippen molar-refractivity contribution in [3.05, 3.63) is 112 Å². The summed E-state index contributed by atoms with van der Waals surface area (Å²) in [6.45, 7) is 0.155. The molecule has 0 radical (unpaired) electrons. The minimum Gasteiger partial charge on any atom is -0.503 e. The lowest BCUT2D eigenvalue weighted by Crippen LogP contribution is -2.29. The van der Waals surface area contributed by atoms with E-state index < -0.39 is 17.8 Å². The molecule has 3 aromatic carbocycles. The summed E-state index contributed by atoms with van der Waals surface area (Å²) in [6.07, 6.45) is 0. The average molecular weight is 412 g/mol. The highest BCUT2D eigenvalue weighted by molar-refractivity contribution is 6.30. The molecule has 0 saturated carbocycles. The Bertz CT molecular complexity index is 1080. The zero-order valence-corrected chi connectivity index (χ0v) is 15.9. The van der Waals surface area contributed by atoms with Crippen LogP contribution in [0.4, 0.5) is 8.78 Å². The third-order valence-corrected chi connectivity index (χ3v) is 5.16. The van der Waals surface area contributed by atoms with Gasteiger partial charge < -0.3 is 10.0 Å². The van der Waals surface area contributed by atoms with Crippen molar-refractivity contribution in [3.63, 3.8) is 0 Å². The molecule has 29 heavy (non-hydrogen) atoms. The second kappa shape index (κ2) is 7.68. The van der Waals surface area contributed by atoms with Crippen LogP contribution in [0.25, 0.3) is 5.57 Å². The highest BCUT2D eigenvalue weighted by Gasteiger charge is 2.41. The fourth-order valence-electron chi connectivity index (χ4n) is 3.52. The molecular weight excluding hydrogens is 396 g/mol. The van der Waals surface area contributed by atoms with Crippen LogP contribution in [-0.4, -0.2) is 15.9 Å². The predicted octanol–water partition coefficient (Wildman–Crippen LogP) is 5.67. The third kappa shape index (κ3) is 3.74. The van der Waals surface area contributed by atoms with Gasteiger partial charge >= 0.3 is 0 Å². The largest absolute Gasteiger partial charge is 0.503 e. The van der Waals surface area contributed by atoms with E-state index in [2.05, 4.69) is 0 Å². The normalized spacial score (nSPS) is 16.6. The van der Waals surface area contributed by atoms with Gasteiger partial charge in [-0.15, -0.1) is 0 Å². The quantitative estimate of drug-likeness (QED) is 0.600. The Kier molecular flexibility index (Phi) is 5.07. The average Bonchev–Trinajstić information content (AvgIpc) is 2.96.